The highest BCUT2D eigenvalue weighted by atomic mass is 16.2. The van der Waals surface area contributed by atoms with Gasteiger partial charge in [0.1, 0.15) is 0 Å². The van der Waals surface area contributed by atoms with Crippen molar-refractivity contribution in [2.24, 2.45) is 0 Å². The van der Waals surface area contributed by atoms with Crippen LogP contribution in [0.15, 0.2) is 54.6 Å². The fourth-order valence-electron chi connectivity index (χ4n) is 1.86. The van der Waals surface area contributed by atoms with Crippen LogP contribution in [0.5, 0.6) is 0 Å². The number of carbonyl (C=O) groups is 2. The predicted octanol–water partition coefficient (Wildman–Crippen LogP) is 2.17. The van der Waals surface area contributed by atoms with Crippen LogP contribution in [-0.2, 0) is 4.79 Å². The molecule has 0 radical (unpaired) electrons. The highest BCUT2D eigenvalue weighted by molar-refractivity contribution is 5.96. The molecule has 0 aliphatic carbocycles. The van der Waals surface area contributed by atoms with E-state index in [0.717, 1.165) is 11.1 Å². The van der Waals surface area contributed by atoms with Gasteiger partial charge in [-0.3, -0.25) is 9.59 Å². The third-order valence-electron chi connectivity index (χ3n) is 3.15. The predicted molar refractivity (Wildman–Crippen MR) is 82.9 cm³/mol. The summed E-state index contributed by atoms with van der Waals surface area (Å²) in [4.78, 5) is 24.8. The third-order valence-corrected chi connectivity index (χ3v) is 3.15. The number of hydrogen-bond acceptors (Lipinski definition) is 2. The van der Waals surface area contributed by atoms with Gasteiger partial charge in [-0.1, -0.05) is 42.5 Å². The topological polar surface area (TPSA) is 49.4 Å². The summed E-state index contributed by atoms with van der Waals surface area (Å²) in [5, 5.41) is 2.61. The van der Waals surface area contributed by atoms with Gasteiger partial charge in [0.2, 0.25) is 5.91 Å². The van der Waals surface area contributed by atoms with Crippen LogP contribution in [0.25, 0.3) is 11.1 Å². The van der Waals surface area contributed by atoms with Crippen molar-refractivity contribution in [3.63, 3.8) is 0 Å². The van der Waals surface area contributed by atoms with E-state index < -0.39 is 0 Å². The molecule has 0 bridgehead atoms. The molecule has 0 fully saturated rings. The van der Waals surface area contributed by atoms with E-state index in [1.165, 1.54) is 4.90 Å². The molecule has 0 spiro atoms. The summed E-state index contributed by atoms with van der Waals surface area (Å²) in [6.45, 7) is 0.00622. The van der Waals surface area contributed by atoms with E-state index in [1.54, 1.807) is 26.2 Å². The second kappa shape index (κ2) is 6.70. The molecule has 2 rings (SSSR count). The molecule has 108 valence electrons. The number of hydrogen-bond donors (Lipinski definition) is 1. The molecule has 2 amide bonds. The molecule has 0 saturated carbocycles. The van der Waals surface area contributed by atoms with Crippen LogP contribution in [0.4, 0.5) is 0 Å². The Bertz CT molecular complexity index is 619. The molecule has 0 unspecified atom stereocenters. The Hall–Kier alpha value is -2.62. The van der Waals surface area contributed by atoms with E-state index in [2.05, 4.69) is 5.32 Å². The SMILES string of the molecule is CN(C)C(=O)CNC(=O)c1ccc(-c2ccccc2)cc1. The third kappa shape index (κ3) is 3.92. The fourth-order valence-corrected chi connectivity index (χ4v) is 1.86. The summed E-state index contributed by atoms with van der Waals surface area (Å²) in [5.41, 5.74) is 2.70. The molecule has 0 aliphatic rings. The van der Waals surface area contributed by atoms with E-state index in [0.29, 0.717) is 5.56 Å². The van der Waals surface area contributed by atoms with Gasteiger partial charge in [0, 0.05) is 19.7 Å². The number of rotatable bonds is 4. The smallest absolute Gasteiger partial charge is 0.251 e. The minimum absolute atomic E-state index is 0.00622. The van der Waals surface area contributed by atoms with Gasteiger partial charge >= 0.3 is 0 Å². The van der Waals surface area contributed by atoms with Crippen LogP contribution in [-0.4, -0.2) is 37.4 Å². The van der Waals surface area contributed by atoms with Gasteiger partial charge in [-0.15, -0.1) is 0 Å². The molecule has 0 aromatic heterocycles. The summed E-state index contributed by atoms with van der Waals surface area (Å²) in [7, 11) is 3.31. The number of nitrogens with zero attached hydrogens (tertiary/aromatic N) is 1. The summed E-state index contributed by atoms with van der Waals surface area (Å²) < 4.78 is 0. The average molecular weight is 282 g/mol. The molecular formula is C17H18N2O2. The monoisotopic (exact) mass is 282 g/mol. The van der Waals surface area contributed by atoms with Crippen LogP contribution >= 0.6 is 0 Å². The molecule has 2 aromatic carbocycles. The van der Waals surface area contributed by atoms with Crippen LogP contribution in [0, 0.1) is 0 Å². The Balaban J connectivity index is 2.02. The molecule has 0 atom stereocenters. The summed E-state index contributed by atoms with van der Waals surface area (Å²) in [6.07, 6.45) is 0. The Morgan fingerprint density at radius 3 is 2.05 bits per heavy atom. The average Bonchev–Trinajstić information content (AvgIpc) is 2.53. The van der Waals surface area contributed by atoms with Crippen LogP contribution < -0.4 is 5.32 Å². The van der Waals surface area contributed by atoms with Crippen molar-refractivity contribution >= 4 is 11.8 Å². The molecule has 0 saturated heterocycles. The van der Waals surface area contributed by atoms with Crippen molar-refractivity contribution < 1.29 is 9.59 Å². The molecule has 2 aromatic rings. The zero-order valence-corrected chi connectivity index (χ0v) is 12.2. The molecule has 0 aliphatic heterocycles. The van der Waals surface area contributed by atoms with Gasteiger partial charge in [-0.25, -0.2) is 0 Å². The first-order chi connectivity index (χ1) is 10.1. The lowest BCUT2D eigenvalue weighted by Crippen LogP contribution is -2.36. The lowest BCUT2D eigenvalue weighted by atomic mass is 10.0. The number of carbonyl (C=O) groups excluding carboxylic acids is 2. The zero-order valence-electron chi connectivity index (χ0n) is 12.2. The number of likely N-dealkylation sites (N-methyl/N-ethyl adjacent to an activating group) is 1. The van der Waals surface area contributed by atoms with Crippen molar-refractivity contribution in [2.45, 2.75) is 0 Å². The van der Waals surface area contributed by atoms with E-state index in [9.17, 15) is 9.59 Å². The summed E-state index contributed by atoms with van der Waals surface area (Å²) >= 11 is 0. The Labute approximate surface area is 124 Å². The second-order valence-corrected chi connectivity index (χ2v) is 4.91. The van der Waals surface area contributed by atoms with E-state index >= 15 is 0 Å². The lowest BCUT2D eigenvalue weighted by Gasteiger charge is -2.11. The maximum Gasteiger partial charge on any atom is 0.251 e. The maximum atomic E-state index is 11.9. The Morgan fingerprint density at radius 2 is 1.48 bits per heavy atom. The van der Waals surface area contributed by atoms with Gasteiger partial charge in [0.25, 0.3) is 5.91 Å². The summed E-state index contributed by atoms with van der Waals surface area (Å²) in [5.74, 6) is -0.380. The molecule has 0 heterocycles. The van der Waals surface area contributed by atoms with Crippen molar-refractivity contribution in [3.05, 3.63) is 60.2 Å². The van der Waals surface area contributed by atoms with Crippen LogP contribution in [0.1, 0.15) is 10.4 Å². The van der Waals surface area contributed by atoms with Crippen molar-refractivity contribution in [1.29, 1.82) is 0 Å². The van der Waals surface area contributed by atoms with E-state index in [4.69, 9.17) is 0 Å². The lowest BCUT2D eigenvalue weighted by molar-refractivity contribution is -0.127. The first-order valence-electron chi connectivity index (χ1n) is 6.72. The number of benzene rings is 2. The van der Waals surface area contributed by atoms with Gasteiger partial charge in [0.15, 0.2) is 0 Å². The first-order valence-corrected chi connectivity index (χ1v) is 6.72. The molecule has 4 nitrogen and oxygen atoms in total. The van der Waals surface area contributed by atoms with E-state index in [1.807, 2.05) is 42.5 Å². The number of nitrogens with one attached hydrogen (secondary N) is 1. The van der Waals surface area contributed by atoms with Crippen LogP contribution in [0.2, 0.25) is 0 Å². The van der Waals surface area contributed by atoms with Gasteiger partial charge in [-0.2, -0.15) is 0 Å². The Morgan fingerprint density at radius 1 is 0.905 bits per heavy atom. The normalized spacial score (nSPS) is 10.0. The number of amides is 2. The van der Waals surface area contributed by atoms with Crippen molar-refractivity contribution in [2.75, 3.05) is 20.6 Å². The van der Waals surface area contributed by atoms with Gasteiger partial charge in [0.05, 0.1) is 6.54 Å². The van der Waals surface area contributed by atoms with Gasteiger partial charge < -0.3 is 10.2 Å². The molecule has 4 heteroatoms. The van der Waals surface area contributed by atoms with Crippen molar-refractivity contribution in [3.8, 4) is 11.1 Å². The highest BCUT2D eigenvalue weighted by Crippen LogP contribution is 2.19. The molecule has 1 N–H and O–H groups in total. The first kappa shape index (κ1) is 14.8. The zero-order chi connectivity index (χ0) is 15.2. The minimum atomic E-state index is -0.246. The quantitative estimate of drug-likeness (QED) is 0.934. The fraction of sp³-hybridized carbons (Fsp3) is 0.176. The Kier molecular flexibility index (Phi) is 4.72. The minimum Gasteiger partial charge on any atom is -0.347 e. The second-order valence-electron chi connectivity index (χ2n) is 4.91. The van der Waals surface area contributed by atoms with E-state index in [-0.39, 0.29) is 18.4 Å². The summed E-state index contributed by atoms with van der Waals surface area (Å²) in [6, 6.07) is 17.3. The van der Waals surface area contributed by atoms with Crippen LogP contribution in [0.3, 0.4) is 0 Å². The largest absolute Gasteiger partial charge is 0.347 e. The van der Waals surface area contributed by atoms with Gasteiger partial charge in [-0.05, 0) is 23.3 Å². The van der Waals surface area contributed by atoms with Crippen molar-refractivity contribution in [1.82, 2.24) is 10.2 Å². The maximum absolute atomic E-state index is 11.9. The molecular weight excluding hydrogens is 264 g/mol. The highest BCUT2D eigenvalue weighted by Gasteiger charge is 2.09. The standard InChI is InChI=1S/C17H18N2O2/c1-19(2)16(20)12-18-17(21)15-10-8-14(9-11-15)13-6-4-3-5-7-13/h3-11H,12H2,1-2H3,(H,18,21). The molecule has 21 heavy (non-hydrogen) atoms.